The lowest BCUT2D eigenvalue weighted by Crippen LogP contribution is -1.97. The summed E-state index contributed by atoms with van der Waals surface area (Å²) in [4.78, 5) is 20.4. The van der Waals surface area contributed by atoms with E-state index < -0.39 is 0 Å². The van der Waals surface area contributed by atoms with Gasteiger partial charge in [0.15, 0.2) is 11.5 Å². The summed E-state index contributed by atoms with van der Waals surface area (Å²) in [6.07, 6.45) is 2.02. The number of pyridine rings is 2. The summed E-state index contributed by atoms with van der Waals surface area (Å²) in [5.74, 6) is 0.661. The maximum Gasteiger partial charge on any atom is 0.165 e. The molecule has 0 bridgehead atoms. The van der Waals surface area contributed by atoms with Gasteiger partial charge in [0.05, 0.1) is 17.1 Å². The summed E-state index contributed by atoms with van der Waals surface area (Å²) < 4.78 is 2.05. The minimum atomic E-state index is 0.661. The third kappa shape index (κ3) is 4.82. The van der Waals surface area contributed by atoms with E-state index in [9.17, 15) is 0 Å². The molecule has 0 radical (unpaired) electrons. The van der Waals surface area contributed by atoms with Gasteiger partial charge < -0.3 is 0 Å². The highest BCUT2D eigenvalue weighted by atomic mass is 15.1. The van der Waals surface area contributed by atoms with E-state index in [1.165, 1.54) is 5.56 Å². The number of rotatable bonds is 5. The molecule has 220 valence electrons. The molecule has 5 nitrogen and oxygen atoms in total. The molecule has 0 unspecified atom stereocenters. The third-order valence-electron chi connectivity index (χ3n) is 8.62. The van der Waals surface area contributed by atoms with Crippen LogP contribution in [-0.4, -0.2) is 24.3 Å². The third-order valence-corrected chi connectivity index (χ3v) is 8.62. The Morgan fingerprint density at radius 2 is 0.979 bits per heavy atom. The van der Waals surface area contributed by atoms with Crippen molar-refractivity contribution in [1.29, 1.82) is 0 Å². The smallest absolute Gasteiger partial charge is 0.165 e. The van der Waals surface area contributed by atoms with E-state index in [4.69, 9.17) is 19.9 Å². The van der Waals surface area contributed by atoms with Crippen molar-refractivity contribution in [3.63, 3.8) is 0 Å². The van der Waals surface area contributed by atoms with Crippen LogP contribution in [0.1, 0.15) is 0 Å². The van der Waals surface area contributed by atoms with E-state index in [0.29, 0.717) is 5.82 Å². The highest BCUT2D eigenvalue weighted by Crippen LogP contribution is 2.35. The molecule has 0 spiro atoms. The molecule has 4 aromatic heterocycles. The first-order valence-electron chi connectivity index (χ1n) is 15.7. The zero-order valence-corrected chi connectivity index (χ0v) is 25.3. The topological polar surface area (TPSA) is 56.0 Å². The molecule has 0 saturated carbocycles. The first-order chi connectivity index (χ1) is 23.3. The van der Waals surface area contributed by atoms with Crippen molar-refractivity contribution in [3.05, 3.63) is 164 Å². The molecule has 0 N–H and O–H groups in total. The summed E-state index contributed by atoms with van der Waals surface area (Å²) in [5.41, 5.74) is 11.6. The molecule has 0 fully saturated rings. The van der Waals surface area contributed by atoms with Gasteiger partial charge in [-0.15, -0.1) is 0 Å². The predicted molar refractivity (Wildman–Crippen MR) is 191 cm³/mol. The van der Waals surface area contributed by atoms with E-state index in [0.717, 1.165) is 72.5 Å². The Labute approximate surface area is 271 Å². The number of aromatic nitrogens is 5. The molecule has 5 aromatic carbocycles. The summed E-state index contributed by atoms with van der Waals surface area (Å²) in [7, 11) is 0. The minimum absolute atomic E-state index is 0.661. The predicted octanol–water partition coefficient (Wildman–Crippen LogP) is 10.2. The monoisotopic (exact) mass is 601 g/mol. The van der Waals surface area contributed by atoms with Gasteiger partial charge >= 0.3 is 0 Å². The van der Waals surface area contributed by atoms with Crippen LogP contribution in [0.2, 0.25) is 0 Å². The van der Waals surface area contributed by atoms with E-state index >= 15 is 0 Å². The van der Waals surface area contributed by atoms with E-state index in [2.05, 4.69) is 120 Å². The van der Waals surface area contributed by atoms with Crippen molar-refractivity contribution in [2.24, 2.45) is 0 Å². The van der Waals surface area contributed by atoms with Crippen LogP contribution in [0.5, 0.6) is 0 Å². The molecule has 5 heteroatoms. The fraction of sp³-hybridized carbons (Fsp3) is 0. The first kappa shape index (κ1) is 26.9. The second-order valence-electron chi connectivity index (χ2n) is 11.6. The number of imidazole rings is 1. The van der Waals surface area contributed by atoms with E-state index in [-0.39, 0.29) is 0 Å². The van der Waals surface area contributed by atoms with Crippen LogP contribution in [0, 0.1) is 0 Å². The molecular formula is C42H27N5. The zero-order valence-electron chi connectivity index (χ0n) is 25.3. The number of fused-ring (bicyclic) bond motifs is 5. The molecule has 9 aromatic rings. The van der Waals surface area contributed by atoms with Crippen molar-refractivity contribution in [2.45, 2.75) is 0 Å². The van der Waals surface area contributed by atoms with Crippen molar-refractivity contribution < 1.29 is 0 Å². The lowest BCUT2D eigenvalue weighted by molar-refractivity contribution is 1.18. The summed E-state index contributed by atoms with van der Waals surface area (Å²) in [5, 5.41) is 2.13. The van der Waals surface area contributed by atoms with Crippen LogP contribution in [0.4, 0.5) is 0 Å². The maximum absolute atomic E-state index is 5.22. The van der Waals surface area contributed by atoms with Gasteiger partial charge in [0.25, 0.3) is 0 Å². The van der Waals surface area contributed by atoms with E-state index in [1.54, 1.807) is 0 Å². The zero-order chi connectivity index (χ0) is 31.2. The average Bonchev–Trinajstić information content (AvgIpc) is 3.54. The Bertz CT molecular complexity index is 2570. The fourth-order valence-corrected chi connectivity index (χ4v) is 6.33. The Morgan fingerprint density at radius 1 is 0.383 bits per heavy atom. The normalized spacial score (nSPS) is 11.4. The Kier molecular flexibility index (Phi) is 6.39. The highest BCUT2D eigenvalue weighted by molar-refractivity contribution is 6.09. The van der Waals surface area contributed by atoms with Crippen LogP contribution in [0.3, 0.4) is 0 Å². The molecule has 0 aliphatic carbocycles. The molecule has 0 aliphatic rings. The van der Waals surface area contributed by atoms with Crippen LogP contribution in [0.25, 0.3) is 83.9 Å². The van der Waals surface area contributed by atoms with E-state index in [1.807, 2.05) is 48.7 Å². The maximum atomic E-state index is 5.22. The quantitative estimate of drug-likeness (QED) is 0.197. The average molecular weight is 602 g/mol. The molecule has 4 heterocycles. The van der Waals surface area contributed by atoms with Gasteiger partial charge in [-0.1, -0.05) is 127 Å². The van der Waals surface area contributed by atoms with Crippen molar-refractivity contribution >= 4 is 27.6 Å². The summed E-state index contributed by atoms with van der Waals surface area (Å²) in [6, 6.07) is 54.2. The Balaban J connectivity index is 1.22. The van der Waals surface area contributed by atoms with Gasteiger partial charge in [-0.25, -0.2) is 19.9 Å². The molecule has 0 amide bonds. The first-order valence-corrected chi connectivity index (χ1v) is 15.7. The fourth-order valence-electron chi connectivity index (χ4n) is 6.33. The highest BCUT2D eigenvalue weighted by Gasteiger charge is 2.17. The van der Waals surface area contributed by atoms with Gasteiger partial charge in [-0.05, 0) is 41.5 Å². The van der Waals surface area contributed by atoms with Crippen molar-refractivity contribution in [1.82, 2.24) is 24.3 Å². The number of benzene rings is 5. The van der Waals surface area contributed by atoms with Gasteiger partial charge in [-0.3, -0.25) is 4.40 Å². The van der Waals surface area contributed by atoms with Gasteiger partial charge in [-0.2, -0.15) is 0 Å². The number of nitrogens with zero attached hydrogens (tertiary/aromatic N) is 5. The molecular weight excluding hydrogens is 574 g/mol. The number of hydrogen-bond donors (Lipinski definition) is 0. The van der Waals surface area contributed by atoms with Gasteiger partial charge in [0.1, 0.15) is 11.2 Å². The van der Waals surface area contributed by atoms with Crippen LogP contribution < -0.4 is 0 Å². The van der Waals surface area contributed by atoms with Crippen molar-refractivity contribution in [2.75, 3.05) is 0 Å². The number of hydrogen-bond acceptors (Lipinski definition) is 4. The molecule has 47 heavy (non-hydrogen) atoms. The molecule has 0 atom stereocenters. The van der Waals surface area contributed by atoms with Crippen LogP contribution >= 0.6 is 0 Å². The van der Waals surface area contributed by atoms with Gasteiger partial charge in [0, 0.05) is 39.2 Å². The van der Waals surface area contributed by atoms with Gasteiger partial charge in [0.2, 0.25) is 0 Å². The van der Waals surface area contributed by atoms with Crippen LogP contribution in [-0.2, 0) is 0 Å². The van der Waals surface area contributed by atoms with Crippen molar-refractivity contribution in [3.8, 4) is 56.3 Å². The molecule has 0 saturated heterocycles. The Morgan fingerprint density at radius 3 is 1.79 bits per heavy atom. The largest absolute Gasteiger partial charge is 0.284 e. The second-order valence-corrected chi connectivity index (χ2v) is 11.6. The molecule has 0 aliphatic heterocycles. The minimum Gasteiger partial charge on any atom is -0.284 e. The lowest BCUT2D eigenvalue weighted by Gasteiger charge is -2.12. The summed E-state index contributed by atoms with van der Waals surface area (Å²) in [6.45, 7) is 0. The SMILES string of the molecule is c1ccc(-c2cccc(-c3cc(-c4ccccc4)nc(-c4cccc(-c5nc6c(nc7ccccn76)c6ccccc56)c4)n3)c2)cc1. The summed E-state index contributed by atoms with van der Waals surface area (Å²) >= 11 is 0. The second kappa shape index (κ2) is 11.2. The van der Waals surface area contributed by atoms with Crippen LogP contribution in [0.15, 0.2) is 164 Å². The standard InChI is InChI=1S/C42H27N5/c1-3-13-28(14-4-1)30-17-11-18-31(25-30)37-27-36(29-15-5-2-6-16-29)43-41(44-37)33-20-12-19-32(26-33)39-34-21-7-8-22-35(34)40-42(46-39)47-24-10-9-23-38(47)45-40/h1-27H. The Hall–Kier alpha value is -6.46. The lowest BCUT2D eigenvalue weighted by atomic mass is 10.00. The molecule has 9 rings (SSSR count).